The Hall–Kier alpha value is -2.52. The summed E-state index contributed by atoms with van der Waals surface area (Å²) in [4.78, 5) is 17.3. The second-order valence-corrected chi connectivity index (χ2v) is 7.73. The average Bonchev–Trinajstić information content (AvgIpc) is 2.81. The van der Waals surface area contributed by atoms with E-state index in [9.17, 15) is 4.39 Å². The summed E-state index contributed by atoms with van der Waals surface area (Å²) in [6.07, 6.45) is 5.37. The first-order valence-corrected chi connectivity index (χ1v) is 10.7. The van der Waals surface area contributed by atoms with Crippen LogP contribution in [0.1, 0.15) is 24.3 Å². The van der Waals surface area contributed by atoms with Gasteiger partial charge in [-0.1, -0.05) is 0 Å². The Bertz CT molecular complexity index is 823. The van der Waals surface area contributed by atoms with E-state index in [0.717, 1.165) is 51.4 Å². The molecule has 2 aliphatic rings. The van der Waals surface area contributed by atoms with Crippen molar-refractivity contribution >= 4 is 17.6 Å². The number of likely N-dealkylation sites (tertiary alicyclic amines) is 1. The zero-order valence-electron chi connectivity index (χ0n) is 17.5. The first kappa shape index (κ1) is 20.7. The Morgan fingerprint density at radius 3 is 2.73 bits per heavy atom. The number of hydrogen-bond donors (Lipinski definition) is 2. The van der Waals surface area contributed by atoms with E-state index < -0.39 is 5.82 Å². The van der Waals surface area contributed by atoms with Gasteiger partial charge in [-0.15, -0.1) is 0 Å². The fraction of sp³-hybridized carbons (Fsp3) is 0.571. The zero-order chi connectivity index (χ0) is 20.8. The third kappa shape index (κ3) is 5.14. The molecule has 9 heteroatoms. The highest BCUT2D eigenvalue weighted by atomic mass is 19.1. The fourth-order valence-corrected chi connectivity index (χ4v) is 4.06. The lowest BCUT2D eigenvalue weighted by molar-refractivity contribution is 0.122. The molecule has 0 amide bonds. The molecule has 2 aromatic rings. The molecule has 0 bridgehead atoms. The summed E-state index contributed by atoms with van der Waals surface area (Å²) in [7, 11) is 1.89. The number of nitrogens with zero attached hydrogens (tertiary/aromatic N) is 5. The summed E-state index contributed by atoms with van der Waals surface area (Å²) in [5, 5.41) is 6.26. The predicted molar refractivity (Wildman–Crippen MR) is 116 cm³/mol. The maximum absolute atomic E-state index is 14.1. The lowest BCUT2D eigenvalue weighted by atomic mass is 9.90. The van der Waals surface area contributed by atoms with Crippen molar-refractivity contribution in [2.75, 3.05) is 75.1 Å². The van der Waals surface area contributed by atoms with E-state index in [2.05, 4.69) is 42.6 Å². The van der Waals surface area contributed by atoms with Gasteiger partial charge in [-0.05, 0) is 49.5 Å². The molecule has 2 saturated heterocycles. The molecule has 2 aromatic heterocycles. The van der Waals surface area contributed by atoms with Gasteiger partial charge >= 0.3 is 0 Å². The highest BCUT2D eigenvalue weighted by Gasteiger charge is 2.21. The van der Waals surface area contributed by atoms with Crippen molar-refractivity contribution in [3.8, 4) is 0 Å². The number of aromatic nitrogens is 3. The molecule has 8 nitrogen and oxygen atoms in total. The normalized spacial score (nSPS) is 18.4. The third-order valence-corrected chi connectivity index (χ3v) is 5.84. The molecular formula is C21H30FN7O. The molecule has 0 aromatic carbocycles. The van der Waals surface area contributed by atoms with Crippen LogP contribution in [0.2, 0.25) is 0 Å². The zero-order valence-corrected chi connectivity index (χ0v) is 17.5. The van der Waals surface area contributed by atoms with Crippen LogP contribution >= 0.6 is 0 Å². The SMILES string of the molecule is CNc1cc(C2CCN(CCNc3nc(N4CCOCC4)ncc3F)CC2)ccn1. The minimum atomic E-state index is -0.413. The van der Waals surface area contributed by atoms with Gasteiger partial charge in [-0.25, -0.2) is 14.4 Å². The minimum Gasteiger partial charge on any atom is -0.378 e. The number of piperidine rings is 1. The van der Waals surface area contributed by atoms with Crippen molar-refractivity contribution in [1.82, 2.24) is 19.9 Å². The van der Waals surface area contributed by atoms with Crippen molar-refractivity contribution in [3.63, 3.8) is 0 Å². The van der Waals surface area contributed by atoms with Crippen molar-refractivity contribution in [2.24, 2.45) is 0 Å². The Balaban J connectivity index is 1.25. The van der Waals surface area contributed by atoms with E-state index in [-0.39, 0.29) is 5.82 Å². The summed E-state index contributed by atoms with van der Waals surface area (Å²) in [6.45, 7) is 6.34. The fourth-order valence-electron chi connectivity index (χ4n) is 4.06. The van der Waals surface area contributed by atoms with E-state index in [0.29, 0.717) is 31.6 Å². The van der Waals surface area contributed by atoms with Crippen LogP contribution in [0.25, 0.3) is 0 Å². The first-order chi connectivity index (χ1) is 14.7. The van der Waals surface area contributed by atoms with Gasteiger partial charge in [0.15, 0.2) is 11.6 Å². The molecular weight excluding hydrogens is 385 g/mol. The lowest BCUT2D eigenvalue weighted by Crippen LogP contribution is -2.38. The molecule has 0 saturated carbocycles. The van der Waals surface area contributed by atoms with Crippen LogP contribution in [0, 0.1) is 5.82 Å². The van der Waals surface area contributed by atoms with Gasteiger partial charge in [0.1, 0.15) is 5.82 Å². The number of morpholine rings is 1. The lowest BCUT2D eigenvalue weighted by Gasteiger charge is -2.32. The molecule has 0 aliphatic carbocycles. The molecule has 2 N–H and O–H groups in total. The number of anilines is 3. The van der Waals surface area contributed by atoms with Gasteiger partial charge in [-0.2, -0.15) is 4.98 Å². The highest BCUT2D eigenvalue weighted by Crippen LogP contribution is 2.28. The van der Waals surface area contributed by atoms with Crippen molar-refractivity contribution in [3.05, 3.63) is 35.9 Å². The third-order valence-electron chi connectivity index (χ3n) is 5.84. The van der Waals surface area contributed by atoms with Crippen molar-refractivity contribution in [1.29, 1.82) is 0 Å². The molecule has 30 heavy (non-hydrogen) atoms. The summed E-state index contributed by atoms with van der Waals surface area (Å²) in [5.74, 6) is 1.91. The quantitative estimate of drug-likeness (QED) is 0.713. The van der Waals surface area contributed by atoms with E-state index in [1.165, 1.54) is 11.8 Å². The number of nitrogens with one attached hydrogen (secondary N) is 2. The first-order valence-electron chi connectivity index (χ1n) is 10.7. The second-order valence-electron chi connectivity index (χ2n) is 7.73. The number of hydrogen-bond acceptors (Lipinski definition) is 8. The van der Waals surface area contributed by atoms with Gasteiger partial charge in [0.25, 0.3) is 0 Å². The van der Waals surface area contributed by atoms with Gasteiger partial charge in [0.2, 0.25) is 5.95 Å². The van der Waals surface area contributed by atoms with Crippen LogP contribution in [-0.4, -0.2) is 79.4 Å². The molecule has 4 heterocycles. The monoisotopic (exact) mass is 415 g/mol. The Kier molecular flexibility index (Phi) is 6.91. The summed E-state index contributed by atoms with van der Waals surface area (Å²) in [6, 6.07) is 4.26. The van der Waals surface area contributed by atoms with Crippen LogP contribution in [0.5, 0.6) is 0 Å². The largest absolute Gasteiger partial charge is 0.378 e. The molecule has 0 radical (unpaired) electrons. The second kappa shape index (κ2) is 9.99. The molecule has 0 spiro atoms. The van der Waals surface area contributed by atoms with Crippen molar-refractivity contribution in [2.45, 2.75) is 18.8 Å². The summed E-state index contributed by atoms with van der Waals surface area (Å²) in [5.41, 5.74) is 1.35. The maximum Gasteiger partial charge on any atom is 0.227 e. The van der Waals surface area contributed by atoms with Gasteiger partial charge in [0.05, 0.1) is 19.4 Å². The van der Waals surface area contributed by atoms with E-state index >= 15 is 0 Å². The maximum atomic E-state index is 14.1. The molecule has 162 valence electrons. The molecule has 2 aliphatic heterocycles. The smallest absolute Gasteiger partial charge is 0.227 e. The number of rotatable bonds is 7. The highest BCUT2D eigenvalue weighted by molar-refractivity contribution is 5.43. The van der Waals surface area contributed by atoms with Gasteiger partial charge in [0, 0.05) is 39.4 Å². The minimum absolute atomic E-state index is 0.276. The van der Waals surface area contributed by atoms with Crippen LogP contribution in [0.3, 0.4) is 0 Å². The van der Waals surface area contributed by atoms with Gasteiger partial charge in [-0.3, -0.25) is 0 Å². The van der Waals surface area contributed by atoms with Crippen molar-refractivity contribution < 1.29 is 9.13 Å². The van der Waals surface area contributed by atoms with E-state index in [4.69, 9.17) is 4.74 Å². The van der Waals surface area contributed by atoms with Crippen LogP contribution in [0.15, 0.2) is 24.5 Å². The standard InChI is InChI=1S/C21H30FN7O/c1-23-19-14-17(2-5-24-19)16-3-7-28(8-4-16)9-6-25-20-18(22)15-26-21(27-20)29-10-12-30-13-11-29/h2,5,14-16H,3-4,6-13H2,1H3,(H,23,24)(H,25,26,27). The molecule has 0 unspecified atom stereocenters. The average molecular weight is 416 g/mol. The van der Waals surface area contributed by atoms with Gasteiger partial charge < -0.3 is 25.2 Å². The predicted octanol–water partition coefficient (Wildman–Crippen LogP) is 2.18. The van der Waals surface area contributed by atoms with E-state index in [1.54, 1.807) is 0 Å². The molecule has 2 fully saturated rings. The molecule has 4 rings (SSSR count). The Labute approximate surface area is 176 Å². The molecule has 0 atom stereocenters. The van der Waals surface area contributed by atoms with Crippen LogP contribution in [-0.2, 0) is 4.74 Å². The Morgan fingerprint density at radius 2 is 1.97 bits per heavy atom. The van der Waals surface area contributed by atoms with E-state index in [1.807, 2.05) is 18.1 Å². The number of ether oxygens (including phenoxy) is 1. The number of pyridine rings is 1. The Morgan fingerprint density at radius 1 is 1.17 bits per heavy atom. The van der Waals surface area contributed by atoms with Crippen LogP contribution in [0.4, 0.5) is 22.0 Å². The number of halogens is 1. The summed E-state index contributed by atoms with van der Waals surface area (Å²) >= 11 is 0. The van der Waals surface area contributed by atoms with Crippen LogP contribution < -0.4 is 15.5 Å². The topological polar surface area (TPSA) is 78.4 Å². The summed E-state index contributed by atoms with van der Waals surface area (Å²) < 4.78 is 19.5.